The number of phenolic OH excluding ortho intramolecular Hbond substituents is 1. The summed E-state index contributed by atoms with van der Waals surface area (Å²) >= 11 is 4.02. The van der Waals surface area contributed by atoms with E-state index in [2.05, 4.69) is 26.1 Å². The number of rotatable bonds is 5. The minimum absolute atomic E-state index is 0.0108. The van der Waals surface area contributed by atoms with Gasteiger partial charge in [-0.15, -0.1) is 10.2 Å². The summed E-state index contributed by atoms with van der Waals surface area (Å²) in [6.07, 6.45) is 1.42. The van der Waals surface area contributed by atoms with E-state index in [0.717, 1.165) is 11.8 Å². The van der Waals surface area contributed by atoms with Crippen LogP contribution in [0.2, 0.25) is 0 Å². The monoisotopic (exact) mass is 386 g/mol. The predicted molar refractivity (Wildman–Crippen MR) is 82.9 cm³/mol. The van der Waals surface area contributed by atoms with Crippen LogP contribution in [-0.2, 0) is 4.79 Å². The standard InChI is InChI=1S/C13H11BrN2O5S/c1-6-15-16-13(21-6)22-10(12(18)19)5-7-3-8(14)11(17)9(4-7)20-2/h3-5,17H,1-2H3,(H,18,19)/b10-5-. The number of hydrogen-bond acceptors (Lipinski definition) is 7. The number of nitrogens with zero attached hydrogens (tertiary/aromatic N) is 2. The third-order valence-electron chi connectivity index (χ3n) is 2.48. The summed E-state index contributed by atoms with van der Waals surface area (Å²) in [4.78, 5) is 11.3. The molecule has 0 saturated carbocycles. The van der Waals surface area contributed by atoms with Crippen LogP contribution in [0.3, 0.4) is 0 Å². The third kappa shape index (κ3) is 3.80. The summed E-state index contributed by atoms with van der Waals surface area (Å²) in [7, 11) is 1.41. The van der Waals surface area contributed by atoms with Crippen LogP contribution in [0.25, 0.3) is 6.08 Å². The fourth-order valence-electron chi connectivity index (χ4n) is 1.53. The lowest BCUT2D eigenvalue weighted by Crippen LogP contribution is -1.97. The van der Waals surface area contributed by atoms with Crippen LogP contribution >= 0.6 is 27.7 Å². The van der Waals surface area contributed by atoms with Crippen LogP contribution in [0.4, 0.5) is 0 Å². The van der Waals surface area contributed by atoms with E-state index in [1.54, 1.807) is 13.0 Å². The lowest BCUT2D eigenvalue weighted by molar-refractivity contribution is -0.131. The van der Waals surface area contributed by atoms with E-state index in [1.807, 2.05) is 0 Å². The van der Waals surface area contributed by atoms with Gasteiger partial charge in [0.15, 0.2) is 11.5 Å². The first-order valence-corrected chi connectivity index (χ1v) is 7.51. The molecule has 2 N–H and O–H groups in total. The third-order valence-corrected chi connectivity index (χ3v) is 3.94. The minimum atomic E-state index is -1.14. The van der Waals surface area contributed by atoms with Gasteiger partial charge >= 0.3 is 5.97 Å². The molecule has 1 aromatic heterocycles. The van der Waals surface area contributed by atoms with Gasteiger partial charge in [0.05, 0.1) is 11.6 Å². The molecule has 1 heterocycles. The van der Waals surface area contributed by atoms with Gasteiger partial charge in [-0.05, 0) is 51.5 Å². The first-order chi connectivity index (χ1) is 10.4. The van der Waals surface area contributed by atoms with Crippen LogP contribution in [0.15, 0.2) is 31.2 Å². The van der Waals surface area contributed by atoms with Crippen molar-refractivity contribution >= 4 is 39.7 Å². The number of aliphatic carboxylic acids is 1. The van der Waals surface area contributed by atoms with Gasteiger partial charge in [-0.25, -0.2) is 4.79 Å². The zero-order valence-electron chi connectivity index (χ0n) is 11.5. The average Bonchev–Trinajstić information content (AvgIpc) is 2.87. The van der Waals surface area contributed by atoms with Crippen molar-refractivity contribution in [3.63, 3.8) is 0 Å². The van der Waals surface area contributed by atoms with E-state index >= 15 is 0 Å². The number of aromatic nitrogens is 2. The Morgan fingerprint density at radius 2 is 2.18 bits per heavy atom. The molecule has 116 valence electrons. The molecule has 0 unspecified atom stereocenters. The number of methoxy groups -OCH3 is 1. The Hall–Kier alpha value is -2.00. The minimum Gasteiger partial charge on any atom is -0.503 e. The average molecular weight is 387 g/mol. The number of ether oxygens (including phenoxy) is 1. The number of thioether (sulfide) groups is 1. The van der Waals surface area contributed by atoms with Crippen molar-refractivity contribution in [1.82, 2.24) is 10.2 Å². The van der Waals surface area contributed by atoms with Gasteiger partial charge in [-0.3, -0.25) is 0 Å². The summed E-state index contributed by atoms with van der Waals surface area (Å²) in [6, 6.07) is 3.09. The Balaban J connectivity index is 2.38. The summed E-state index contributed by atoms with van der Waals surface area (Å²) in [5.41, 5.74) is 0.530. The molecule has 22 heavy (non-hydrogen) atoms. The predicted octanol–water partition coefficient (Wildman–Crippen LogP) is 3.07. The molecule has 9 heteroatoms. The van der Waals surface area contributed by atoms with E-state index in [9.17, 15) is 15.0 Å². The van der Waals surface area contributed by atoms with Gasteiger partial charge in [-0.1, -0.05) is 0 Å². The van der Waals surface area contributed by atoms with Gasteiger partial charge in [0.2, 0.25) is 5.89 Å². The zero-order valence-corrected chi connectivity index (χ0v) is 13.9. The molecule has 0 saturated heterocycles. The van der Waals surface area contributed by atoms with E-state index in [-0.39, 0.29) is 21.6 Å². The highest BCUT2D eigenvalue weighted by atomic mass is 79.9. The van der Waals surface area contributed by atoms with Crippen LogP contribution in [0.1, 0.15) is 11.5 Å². The number of carbonyl (C=O) groups is 1. The summed E-state index contributed by atoms with van der Waals surface area (Å²) in [5, 5.41) is 26.6. The summed E-state index contributed by atoms with van der Waals surface area (Å²) in [6.45, 7) is 1.61. The molecule has 1 aromatic carbocycles. The van der Waals surface area contributed by atoms with Crippen molar-refractivity contribution in [2.75, 3.05) is 7.11 Å². The second-order valence-corrected chi connectivity index (χ2v) is 5.90. The Kier molecular flexibility index (Phi) is 5.09. The number of carboxylic acids is 1. The maximum atomic E-state index is 11.4. The molecule has 0 bridgehead atoms. The van der Waals surface area contributed by atoms with E-state index in [0.29, 0.717) is 15.9 Å². The molecule has 0 fully saturated rings. The fraction of sp³-hybridized carbons (Fsp3) is 0.154. The second-order valence-electron chi connectivity index (χ2n) is 4.06. The molecule has 0 aliphatic carbocycles. The number of aryl methyl sites for hydroxylation is 1. The number of hydrogen-bond donors (Lipinski definition) is 2. The number of phenols is 1. The topological polar surface area (TPSA) is 106 Å². The maximum absolute atomic E-state index is 11.4. The number of aromatic hydroxyl groups is 1. The fourth-order valence-corrected chi connectivity index (χ4v) is 2.71. The Morgan fingerprint density at radius 3 is 2.73 bits per heavy atom. The number of benzene rings is 1. The zero-order chi connectivity index (χ0) is 16.3. The van der Waals surface area contributed by atoms with Gasteiger partial charge < -0.3 is 19.4 Å². The highest BCUT2D eigenvalue weighted by Crippen LogP contribution is 2.36. The van der Waals surface area contributed by atoms with Crippen molar-refractivity contribution in [2.45, 2.75) is 12.1 Å². The van der Waals surface area contributed by atoms with Crippen LogP contribution in [0.5, 0.6) is 11.5 Å². The lowest BCUT2D eigenvalue weighted by atomic mass is 10.2. The molecular formula is C13H11BrN2O5S. The molecule has 7 nitrogen and oxygen atoms in total. The van der Waals surface area contributed by atoms with Crippen molar-refractivity contribution in [1.29, 1.82) is 0 Å². The molecule has 0 radical (unpaired) electrons. The number of halogens is 1. The van der Waals surface area contributed by atoms with E-state index in [4.69, 9.17) is 9.15 Å². The van der Waals surface area contributed by atoms with E-state index in [1.165, 1.54) is 19.3 Å². The SMILES string of the molecule is COc1cc(/C=C(\Sc2nnc(C)o2)C(=O)O)cc(Br)c1O. The smallest absolute Gasteiger partial charge is 0.342 e. The van der Waals surface area contributed by atoms with Crippen molar-refractivity contribution in [3.8, 4) is 11.5 Å². The van der Waals surface area contributed by atoms with Gasteiger partial charge in [0, 0.05) is 6.92 Å². The van der Waals surface area contributed by atoms with Gasteiger partial charge in [-0.2, -0.15) is 0 Å². The Bertz CT molecular complexity index is 744. The van der Waals surface area contributed by atoms with E-state index < -0.39 is 5.97 Å². The van der Waals surface area contributed by atoms with Crippen molar-refractivity contribution in [2.24, 2.45) is 0 Å². The summed E-state index contributed by atoms with van der Waals surface area (Å²) in [5.74, 6) is -0.619. The Labute approximate surface area is 138 Å². The molecule has 0 atom stereocenters. The molecule has 0 aliphatic rings. The first kappa shape index (κ1) is 16.4. The summed E-state index contributed by atoms with van der Waals surface area (Å²) < 4.78 is 10.6. The highest BCUT2D eigenvalue weighted by Gasteiger charge is 2.15. The largest absolute Gasteiger partial charge is 0.503 e. The van der Waals surface area contributed by atoms with Gasteiger partial charge in [0.1, 0.15) is 4.91 Å². The van der Waals surface area contributed by atoms with Crippen LogP contribution < -0.4 is 4.74 Å². The molecule has 2 aromatic rings. The van der Waals surface area contributed by atoms with Crippen LogP contribution in [0, 0.1) is 6.92 Å². The highest BCUT2D eigenvalue weighted by molar-refractivity contribution is 9.10. The normalized spacial score (nSPS) is 11.5. The Morgan fingerprint density at radius 1 is 1.45 bits per heavy atom. The molecule has 0 amide bonds. The first-order valence-electron chi connectivity index (χ1n) is 5.90. The molecular weight excluding hydrogens is 376 g/mol. The van der Waals surface area contributed by atoms with Gasteiger partial charge in [0.25, 0.3) is 5.22 Å². The van der Waals surface area contributed by atoms with Crippen LogP contribution in [-0.4, -0.2) is 33.5 Å². The second kappa shape index (κ2) is 6.84. The number of carboxylic acid groups (broad SMARTS) is 1. The lowest BCUT2D eigenvalue weighted by Gasteiger charge is -2.07. The van der Waals surface area contributed by atoms with Crippen molar-refractivity contribution in [3.05, 3.63) is 33.0 Å². The molecule has 0 aliphatic heterocycles. The van der Waals surface area contributed by atoms with Crippen molar-refractivity contribution < 1.29 is 24.2 Å². The molecule has 2 rings (SSSR count). The maximum Gasteiger partial charge on any atom is 0.342 e. The quantitative estimate of drug-likeness (QED) is 0.596. The molecule has 0 spiro atoms.